The number of hydrogen-bond donors (Lipinski definition) is 0. The van der Waals surface area contributed by atoms with Crippen LogP contribution in [0.5, 0.6) is 0 Å². The van der Waals surface area contributed by atoms with Crippen LogP contribution >= 0.6 is 11.6 Å². The van der Waals surface area contributed by atoms with E-state index in [2.05, 4.69) is 0 Å². The van der Waals surface area contributed by atoms with Crippen molar-refractivity contribution >= 4 is 11.6 Å². The van der Waals surface area contributed by atoms with E-state index in [0.717, 1.165) is 12.0 Å². The number of hydrogen-bond acceptors (Lipinski definition) is 0. The third kappa shape index (κ3) is 2.91. The van der Waals surface area contributed by atoms with Gasteiger partial charge in [0.1, 0.15) is 0 Å². The molecule has 0 aromatic heterocycles. The van der Waals surface area contributed by atoms with Crippen molar-refractivity contribution in [3.63, 3.8) is 0 Å². The van der Waals surface area contributed by atoms with Crippen LogP contribution in [0.1, 0.15) is 25.0 Å². The summed E-state index contributed by atoms with van der Waals surface area (Å²) in [5.74, 6) is -2.92. The van der Waals surface area contributed by atoms with Gasteiger partial charge in [0.2, 0.25) is 0 Å². The second kappa shape index (κ2) is 4.93. The molecule has 0 nitrogen and oxygen atoms in total. The van der Waals surface area contributed by atoms with Crippen LogP contribution in [-0.2, 0) is 12.3 Å². The van der Waals surface area contributed by atoms with Crippen LogP contribution in [0.4, 0.5) is 8.78 Å². The van der Waals surface area contributed by atoms with Crippen molar-refractivity contribution in [3.8, 4) is 0 Å². The minimum atomic E-state index is -2.75. The first-order chi connectivity index (χ1) is 6.98. The summed E-state index contributed by atoms with van der Waals surface area (Å²) >= 11 is 5.57. The van der Waals surface area contributed by atoms with E-state index in [4.69, 9.17) is 11.6 Å². The third-order valence-electron chi connectivity index (χ3n) is 2.45. The van der Waals surface area contributed by atoms with Crippen LogP contribution in [0.3, 0.4) is 0 Å². The zero-order valence-electron chi connectivity index (χ0n) is 8.93. The van der Waals surface area contributed by atoms with Gasteiger partial charge in [0, 0.05) is 17.4 Å². The van der Waals surface area contributed by atoms with Gasteiger partial charge < -0.3 is 0 Å². The van der Waals surface area contributed by atoms with Crippen molar-refractivity contribution in [1.82, 2.24) is 0 Å². The summed E-state index contributed by atoms with van der Waals surface area (Å²) in [6, 6.07) is 6.41. The Bertz CT molecular complexity index is 304. The Morgan fingerprint density at radius 3 is 2.13 bits per heavy atom. The standard InChI is InChI=1S/C12H15ClF2/c1-9(2)12(14,15)11-5-3-10(4-6-11)7-8-13/h3-6,9H,7-8H2,1-2H3. The Kier molecular flexibility index (Phi) is 4.09. The maximum absolute atomic E-state index is 13.6. The average molecular weight is 233 g/mol. The van der Waals surface area contributed by atoms with Crippen LogP contribution in [0.2, 0.25) is 0 Å². The molecule has 0 aliphatic carbocycles. The Hall–Kier alpha value is -0.630. The molecule has 0 spiro atoms. The Morgan fingerprint density at radius 1 is 1.20 bits per heavy atom. The lowest BCUT2D eigenvalue weighted by Gasteiger charge is -2.20. The van der Waals surface area contributed by atoms with Gasteiger partial charge in [-0.3, -0.25) is 0 Å². The largest absolute Gasteiger partial charge is 0.275 e. The summed E-state index contributed by atoms with van der Waals surface area (Å²) in [5.41, 5.74) is 1.07. The zero-order valence-corrected chi connectivity index (χ0v) is 9.69. The number of benzene rings is 1. The molecule has 1 aromatic rings. The van der Waals surface area contributed by atoms with Crippen molar-refractivity contribution in [2.24, 2.45) is 5.92 Å². The smallest absolute Gasteiger partial charge is 0.201 e. The Labute approximate surface area is 94.3 Å². The third-order valence-corrected chi connectivity index (χ3v) is 2.64. The van der Waals surface area contributed by atoms with Gasteiger partial charge in [-0.2, -0.15) is 0 Å². The second-order valence-corrected chi connectivity index (χ2v) is 4.29. The molecule has 1 aromatic carbocycles. The fraction of sp³-hybridized carbons (Fsp3) is 0.500. The minimum absolute atomic E-state index is 0.0795. The predicted molar refractivity (Wildman–Crippen MR) is 59.6 cm³/mol. The molecule has 0 atom stereocenters. The lowest BCUT2D eigenvalue weighted by atomic mass is 9.96. The molecule has 0 amide bonds. The van der Waals surface area contributed by atoms with Crippen molar-refractivity contribution in [2.75, 3.05) is 5.88 Å². The second-order valence-electron chi connectivity index (χ2n) is 3.91. The normalized spacial score (nSPS) is 12.1. The number of rotatable bonds is 4. The van der Waals surface area contributed by atoms with E-state index in [0.29, 0.717) is 5.88 Å². The molecule has 0 radical (unpaired) electrons. The molecule has 15 heavy (non-hydrogen) atoms. The molecule has 3 heteroatoms. The molecule has 0 aliphatic heterocycles. The van der Waals surface area contributed by atoms with E-state index >= 15 is 0 Å². The van der Waals surface area contributed by atoms with Crippen molar-refractivity contribution in [2.45, 2.75) is 26.2 Å². The molecule has 0 N–H and O–H groups in total. The van der Waals surface area contributed by atoms with Gasteiger partial charge in [-0.05, 0) is 12.0 Å². The van der Waals surface area contributed by atoms with Gasteiger partial charge in [0.05, 0.1) is 0 Å². The number of aryl methyl sites for hydroxylation is 1. The fourth-order valence-corrected chi connectivity index (χ4v) is 1.55. The van der Waals surface area contributed by atoms with Gasteiger partial charge in [-0.25, -0.2) is 8.78 Å². The van der Waals surface area contributed by atoms with Crippen LogP contribution in [0.15, 0.2) is 24.3 Å². The highest BCUT2D eigenvalue weighted by atomic mass is 35.5. The maximum Gasteiger partial charge on any atom is 0.275 e. The molecule has 84 valence electrons. The minimum Gasteiger partial charge on any atom is -0.201 e. The average Bonchev–Trinajstić information content (AvgIpc) is 2.19. The summed E-state index contributed by atoms with van der Waals surface area (Å²) in [7, 11) is 0. The Balaban J connectivity index is 2.88. The van der Waals surface area contributed by atoms with Crippen LogP contribution < -0.4 is 0 Å². The lowest BCUT2D eigenvalue weighted by molar-refractivity contribution is -0.0513. The van der Waals surface area contributed by atoms with Crippen molar-refractivity contribution in [3.05, 3.63) is 35.4 Å². The topological polar surface area (TPSA) is 0 Å². The SMILES string of the molecule is CC(C)C(F)(F)c1ccc(CCCl)cc1. The summed E-state index contributed by atoms with van der Waals surface area (Å²) in [6.07, 6.45) is 0.717. The monoisotopic (exact) mass is 232 g/mol. The van der Waals surface area contributed by atoms with Crippen LogP contribution in [-0.4, -0.2) is 5.88 Å². The molecular formula is C12H15ClF2. The van der Waals surface area contributed by atoms with Gasteiger partial charge in [0.15, 0.2) is 0 Å². The molecule has 0 saturated heterocycles. The van der Waals surface area contributed by atoms with Crippen LogP contribution in [0, 0.1) is 5.92 Å². The molecule has 0 saturated carbocycles. The number of halogens is 3. The maximum atomic E-state index is 13.6. The van der Waals surface area contributed by atoms with E-state index in [1.54, 1.807) is 12.1 Å². The summed E-state index contributed by atoms with van der Waals surface area (Å²) in [4.78, 5) is 0. The molecule has 0 unspecified atom stereocenters. The van der Waals surface area contributed by atoms with Crippen LogP contribution in [0.25, 0.3) is 0 Å². The molecule has 0 aliphatic rings. The lowest BCUT2D eigenvalue weighted by Crippen LogP contribution is -2.20. The van der Waals surface area contributed by atoms with Crippen molar-refractivity contribution < 1.29 is 8.78 Å². The Morgan fingerprint density at radius 2 is 1.73 bits per heavy atom. The van der Waals surface area contributed by atoms with E-state index in [-0.39, 0.29) is 5.56 Å². The summed E-state index contributed by atoms with van der Waals surface area (Å²) in [6.45, 7) is 3.04. The van der Waals surface area contributed by atoms with Gasteiger partial charge in [-0.15, -0.1) is 11.6 Å². The first-order valence-corrected chi connectivity index (χ1v) is 5.55. The number of alkyl halides is 3. The highest BCUT2D eigenvalue weighted by Crippen LogP contribution is 2.35. The van der Waals surface area contributed by atoms with Gasteiger partial charge >= 0.3 is 0 Å². The quantitative estimate of drug-likeness (QED) is 0.682. The van der Waals surface area contributed by atoms with E-state index in [1.165, 1.54) is 26.0 Å². The highest BCUT2D eigenvalue weighted by molar-refractivity contribution is 6.17. The molecule has 0 fully saturated rings. The summed E-state index contributed by atoms with van der Waals surface area (Å²) < 4.78 is 27.1. The first kappa shape index (κ1) is 12.4. The predicted octanol–water partition coefficient (Wildman–Crippen LogP) is 4.22. The van der Waals surface area contributed by atoms with Gasteiger partial charge in [-0.1, -0.05) is 38.1 Å². The zero-order chi connectivity index (χ0) is 11.5. The fourth-order valence-electron chi connectivity index (χ4n) is 1.34. The van der Waals surface area contributed by atoms with Crippen molar-refractivity contribution in [1.29, 1.82) is 0 Å². The van der Waals surface area contributed by atoms with E-state index in [1.807, 2.05) is 0 Å². The molecule has 0 bridgehead atoms. The molecule has 0 heterocycles. The van der Waals surface area contributed by atoms with E-state index in [9.17, 15) is 8.78 Å². The van der Waals surface area contributed by atoms with E-state index < -0.39 is 11.8 Å². The molecule has 1 rings (SSSR count). The van der Waals surface area contributed by atoms with Gasteiger partial charge in [0.25, 0.3) is 5.92 Å². The molecular weight excluding hydrogens is 218 g/mol. The summed E-state index contributed by atoms with van der Waals surface area (Å²) in [5, 5.41) is 0. The highest BCUT2D eigenvalue weighted by Gasteiger charge is 2.35. The first-order valence-electron chi connectivity index (χ1n) is 5.01.